The summed E-state index contributed by atoms with van der Waals surface area (Å²) >= 11 is 0. The van der Waals surface area contributed by atoms with E-state index in [1.54, 1.807) is 6.26 Å². The van der Waals surface area contributed by atoms with E-state index in [1.165, 1.54) is 18.4 Å². The summed E-state index contributed by atoms with van der Waals surface area (Å²) in [7, 11) is 0. The lowest BCUT2D eigenvalue weighted by Gasteiger charge is -2.16. The van der Waals surface area contributed by atoms with E-state index in [4.69, 9.17) is 4.42 Å². The summed E-state index contributed by atoms with van der Waals surface area (Å²) in [5, 5.41) is 3.51. The summed E-state index contributed by atoms with van der Waals surface area (Å²) in [5.41, 5.74) is 1.25. The largest absolute Gasteiger partial charge is 0.469 e. The summed E-state index contributed by atoms with van der Waals surface area (Å²) in [6.45, 7) is 6.49. The molecule has 2 nitrogen and oxygen atoms in total. The minimum Gasteiger partial charge on any atom is -0.469 e. The van der Waals surface area contributed by atoms with Crippen molar-refractivity contribution in [2.24, 2.45) is 5.92 Å². The molecule has 124 valence electrons. The van der Waals surface area contributed by atoms with Crippen LogP contribution in [-0.2, 0) is 0 Å². The van der Waals surface area contributed by atoms with Crippen molar-refractivity contribution < 1.29 is 4.42 Å². The van der Waals surface area contributed by atoms with Crippen LogP contribution in [0.1, 0.15) is 50.4 Å². The molecule has 23 heavy (non-hydrogen) atoms. The highest BCUT2D eigenvalue weighted by Gasteiger charge is 2.14. The van der Waals surface area contributed by atoms with Gasteiger partial charge in [0.2, 0.25) is 0 Å². The van der Waals surface area contributed by atoms with E-state index in [2.05, 4.69) is 61.6 Å². The second-order valence-corrected chi connectivity index (χ2v) is 6.49. The van der Waals surface area contributed by atoms with Crippen LogP contribution in [-0.4, -0.2) is 13.1 Å². The van der Waals surface area contributed by atoms with Gasteiger partial charge >= 0.3 is 0 Å². The first-order valence-electron chi connectivity index (χ1n) is 8.71. The van der Waals surface area contributed by atoms with Crippen LogP contribution in [0, 0.1) is 5.92 Å². The van der Waals surface area contributed by atoms with Crippen LogP contribution in [0.15, 0.2) is 59.2 Å². The van der Waals surface area contributed by atoms with Crippen molar-refractivity contribution in [2.45, 2.75) is 39.0 Å². The number of benzene rings is 1. The lowest BCUT2D eigenvalue weighted by Crippen LogP contribution is -2.17. The summed E-state index contributed by atoms with van der Waals surface area (Å²) in [5.74, 6) is 2.40. The van der Waals surface area contributed by atoms with Gasteiger partial charge in [-0.05, 0) is 43.0 Å². The molecule has 2 rings (SSSR count). The average Bonchev–Trinajstić information content (AvgIpc) is 3.08. The monoisotopic (exact) mass is 311 g/mol. The van der Waals surface area contributed by atoms with E-state index in [9.17, 15) is 0 Å². The molecule has 1 N–H and O–H groups in total. The zero-order chi connectivity index (χ0) is 16.3. The Morgan fingerprint density at radius 1 is 1.00 bits per heavy atom. The maximum atomic E-state index is 5.62. The molecule has 1 heterocycles. The van der Waals surface area contributed by atoms with E-state index >= 15 is 0 Å². The third-order valence-corrected chi connectivity index (χ3v) is 4.08. The van der Waals surface area contributed by atoms with Crippen molar-refractivity contribution in [2.75, 3.05) is 13.1 Å². The van der Waals surface area contributed by atoms with Gasteiger partial charge in [-0.2, -0.15) is 0 Å². The van der Waals surface area contributed by atoms with Crippen molar-refractivity contribution >= 4 is 6.08 Å². The first-order chi connectivity index (χ1) is 11.3. The lowest BCUT2D eigenvalue weighted by molar-refractivity contribution is 0.399. The van der Waals surface area contributed by atoms with Gasteiger partial charge in [0.25, 0.3) is 0 Å². The van der Waals surface area contributed by atoms with Crippen molar-refractivity contribution in [1.82, 2.24) is 5.32 Å². The second kappa shape index (κ2) is 10.1. The fourth-order valence-corrected chi connectivity index (χ4v) is 2.71. The normalized spacial score (nSPS) is 13.0. The fraction of sp³-hybridized carbons (Fsp3) is 0.429. The summed E-state index contributed by atoms with van der Waals surface area (Å²) in [4.78, 5) is 0. The Kier molecular flexibility index (Phi) is 7.68. The van der Waals surface area contributed by atoms with Gasteiger partial charge in [0, 0.05) is 12.5 Å². The Morgan fingerprint density at radius 2 is 1.83 bits per heavy atom. The van der Waals surface area contributed by atoms with Crippen LogP contribution < -0.4 is 5.32 Å². The van der Waals surface area contributed by atoms with Crippen LogP contribution in [0.2, 0.25) is 0 Å². The highest BCUT2D eigenvalue weighted by molar-refractivity contribution is 5.48. The number of furan rings is 1. The maximum absolute atomic E-state index is 5.62. The molecule has 0 unspecified atom stereocenters. The van der Waals surface area contributed by atoms with Crippen LogP contribution in [0.3, 0.4) is 0 Å². The smallest absolute Gasteiger partial charge is 0.106 e. The molecule has 0 spiro atoms. The van der Waals surface area contributed by atoms with Gasteiger partial charge < -0.3 is 9.73 Å². The van der Waals surface area contributed by atoms with Gasteiger partial charge in [-0.15, -0.1) is 0 Å². The van der Waals surface area contributed by atoms with Gasteiger partial charge in [-0.1, -0.05) is 62.8 Å². The molecule has 0 bridgehead atoms. The Labute approximate surface area is 140 Å². The van der Waals surface area contributed by atoms with Gasteiger partial charge in [-0.3, -0.25) is 0 Å². The molecule has 0 fully saturated rings. The Hall–Kier alpha value is -1.80. The molecule has 0 aliphatic rings. The standard InChI is InChI=1S/C21H29NO/c1-18(2)12-13-20(21-11-7-17-23-21)14-16-22-15-6-10-19-8-4-3-5-9-19/h3-11,17-18,20,22H,12-16H2,1-2H3/b10-6+/t20-/m1/s1. The Bertz CT molecular complexity index is 542. The molecule has 0 saturated heterocycles. The first kappa shape index (κ1) is 17.6. The fourth-order valence-electron chi connectivity index (χ4n) is 2.71. The minimum absolute atomic E-state index is 0.526. The number of nitrogens with one attached hydrogen (secondary N) is 1. The van der Waals surface area contributed by atoms with Crippen molar-refractivity contribution in [3.63, 3.8) is 0 Å². The molecule has 1 aromatic carbocycles. The Balaban J connectivity index is 1.70. The quantitative estimate of drug-likeness (QED) is 0.587. The lowest BCUT2D eigenvalue weighted by atomic mass is 9.93. The second-order valence-electron chi connectivity index (χ2n) is 6.49. The summed E-state index contributed by atoms with van der Waals surface area (Å²) in [6, 6.07) is 14.5. The number of hydrogen-bond donors (Lipinski definition) is 1. The molecule has 0 saturated carbocycles. The third-order valence-electron chi connectivity index (χ3n) is 4.08. The first-order valence-corrected chi connectivity index (χ1v) is 8.71. The zero-order valence-electron chi connectivity index (χ0n) is 14.4. The zero-order valence-corrected chi connectivity index (χ0v) is 14.4. The average molecular weight is 311 g/mol. The van der Waals surface area contributed by atoms with Gasteiger partial charge in [0.15, 0.2) is 0 Å². The van der Waals surface area contributed by atoms with Crippen LogP contribution >= 0.6 is 0 Å². The molecule has 2 heteroatoms. The Morgan fingerprint density at radius 3 is 2.52 bits per heavy atom. The summed E-state index contributed by atoms with van der Waals surface area (Å²) < 4.78 is 5.62. The molecule has 0 aliphatic heterocycles. The van der Waals surface area contributed by atoms with Crippen LogP contribution in [0.25, 0.3) is 6.08 Å². The van der Waals surface area contributed by atoms with E-state index in [0.29, 0.717) is 5.92 Å². The van der Waals surface area contributed by atoms with Crippen molar-refractivity contribution in [1.29, 1.82) is 0 Å². The van der Waals surface area contributed by atoms with E-state index in [-0.39, 0.29) is 0 Å². The molecular weight excluding hydrogens is 282 g/mol. The molecule has 1 aromatic heterocycles. The van der Waals surface area contributed by atoms with E-state index < -0.39 is 0 Å². The van der Waals surface area contributed by atoms with Gasteiger partial charge in [0.05, 0.1) is 6.26 Å². The molecule has 0 radical (unpaired) electrons. The minimum atomic E-state index is 0.526. The van der Waals surface area contributed by atoms with E-state index in [1.807, 2.05) is 12.1 Å². The van der Waals surface area contributed by atoms with Crippen LogP contribution in [0.5, 0.6) is 0 Å². The number of rotatable bonds is 10. The van der Waals surface area contributed by atoms with Crippen molar-refractivity contribution in [3.05, 3.63) is 66.1 Å². The van der Waals surface area contributed by atoms with E-state index in [0.717, 1.165) is 31.2 Å². The molecule has 1 atom stereocenters. The predicted octanol–water partition coefficient (Wildman–Crippen LogP) is 5.49. The molecule has 2 aromatic rings. The SMILES string of the molecule is CC(C)CC[C@H](CCNC/C=C/c1ccccc1)c1ccco1. The van der Waals surface area contributed by atoms with Crippen molar-refractivity contribution in [3.8, 4) is 0 Å². The molecule has 0 amide bonds. The number of hydrogen-bond acceptors (Lipinski definition) is 2. The van der Waals surface area contributed by atoms with Gasteiger partial charge in [-0.25, -0.2) is 0 Å². The van der Waals surface area contributed by atoms with Gasteiger partial charge in [0.1, 0.15) is 5.76 Å². The highest BCUT2D eigenvalue weighted by Crippen LogP contribution is 2.26. The highest BCUT2D eigenvalue weighted by atomic mass is 16.3. The predicted molar refractivity (Wildman–Crippen MR) is 98.5 cm³/mol. The molecule has 0 aliphatic carbocycles. The van der Waals surface area contributed by atoms with Crippen LogP contribution in [0.4, 0.5) is 0 Å². The maximum Gasteiger partial charge on any atom is 0.106 e. The summed E-state index contributed by atoms with van der Waals surface area (Å²) in [6.07, 6.45) is 9.71. The topological polar surface area (TPSA) is 25.2 Å². The third kappa shape index (κ3) is 6.87. The molecular formula is C21H29NO.